The van der Waals surface area contributed by atoms with Gasteiger partial charge in [-0.2, -0.15) is 4.98 Å². The minimum absolute atomic E-state index is 0.123. The van der Waals surface area contributed by atoms with Crippen LogP contribution in [0.25, 0.3) is 0 Å². The van der Waals surface area contributed by atoms with Gasteiger partial charge in [0.2, 0.25) is 5.28 Å². The van der Waals surface area contributed by atoms with Crippen LogP contribution >= 0.6 is 35.0 Å². The molecule has 1 aromatic heterocycles. The third-order valence-corrected chi connectivity index (χ3v) is 5.75. The van der Waals surface area contributed by atoms with E-state index in [-0.39, 0.29) is 10.8 Å². The van der Waals surface area contributed by atoms with Crippen molar-refractivity contribution < 1.29 is 9.18 Å². The zero-order valence-corrected chi connectivity index (χ0v) is 18.3. The standard InChI is InChI=1S/C22H15Cl2FN4OS/c23-16-10-8-14(9-11-16)13-29-22(27-21(24)28-29)31-19-7-2-1-6-18(19)26-20(30)15-4-3-5-17(25)12-15/h1-12H,13H2,(H,26,30). The van der Waals surface area contributed by atoms with Crippen molar-refractivity contribution in [1.82, 2.24) is 14.8 Å². The zero-order valence-electron chi connectivity index (χ0n) is 15.9. The summed E-state index contributed by atoms with van der Waals surface area (Å²) in [6.45, 7) is 0.455. The van der Waals surface area contributed by atoms with Crippen LogP contribution in [0.2, 0.25) is 10.3 Å². The summed E-state index contributed by atoms with van der Waals surface area (Å²) in [7, 11) is 0. The Balaban J connectivity index is 1.57. The number of hydrogen-bond acceptors (Lipinski definition) is 4. The lowest BCUT2D eigenvalue weighted by atomic mass is 10.2. The van der Waals surface area contributed by atoms with E-state index in [9.17, 15) is 9.18 Å². The maximum absolute atomic E-state index is 13.5. The molecule has 5 nitrogen and oxygen atoms in total. The summed E-state index contributed by atoms with van der Waals surface area (Å²) < 4.78 is 15.1. The number of aromatic nitrogens is 3. The molecule has 3 aromatic carbocycles. The SMILES string of the molecule is O=C(Nc1ccccc1Sc1nc(Cl)nn1Cc1ccc(Cl)cc1)c1cccc(F)c1. The number of nitrogens with zero attached hydrogens (tertiary/aromatic N) is 3. The van der Waals surface area contributed by atoms with E-state index in [0.29, 0.717) is 22.4 Å². The van der Waals surface area contributed by atoms with Crippen LogP contribution in [0.3, 0.4) is 0 Å². The molecule has 0 radical (unpaired) electrons. The molecule has 0 aliphatic carbocycles. The van der Waals surface area contributed by atoms with Gasteiger partial charge >= 0.3 is 0 Å². The lowest BCUT2D eigenvalue weighted by Gasteiger charge is -2.11. The predicted octanol–water partition coefficient (Wildman–Crippen LogP) is 6.18. The molecule has 156 valence electrons. The van der Waals surface area contributed by atoms with E-state index < -0.39 is 11.7 Å². The number of carbonyl (C=O) groups is 1. The molecular weight excluding hydrogens is 458 g/mol. The number of hydrogen-bond donors (Lipinski definition) is 1. The molecule has 0 aliphatic heterocycles. The number of rotatable bonds is 6. The second-order valence-electron chi connectivity index (χ2n) is 6.51. The van der Waals surface area contributed by atoms with Gasteiger partial charge in [0.15, 0.2) is 5.16 Å². The van der Waals surface area contributed by atoms with Gasteiger partial charge in [-0.25, -0.2) is 9.07 Å². The van der Waals surface area contributed by atoms with Crippen molar-refractivity contribution in [3.8, 4) is 0 Å². The van der Waals surface area contributed by atoms with Crippen molar-refractivity contribution >= 4 is 46.6 Å². The van der Waals surface area contributed by atoms with Crippen molar-refractivity contribution in [2.45, 2.75) is 16.6 Å². The van der Waals surface area contributed by atoms with Gasteiger partial charge in [0.05, 0.1) is 12.2 Å². The van der Waals surface area contributed by atoms with Crippen LogP contribution in [-0.2, 0) is 6.54 Å². The minimum atomic E-state index is -0.472. The van der Waals surface area contributed by atoms with Crippen LogP contribution in [0, 0.1) is 5.82 Å². The lowest BCUT2D eigenvalue weighted by molar-refractivity contribution is 0.102. The first-order valence-electron chi connectivity index (χ1n) is 9.16. The molecule has 31 heavy (non-hydrogen) atoms. The molecule has 0 saturated heterocycles. The monoisotopic (exact) mass is 472 g/mol. The van der Waals surface area contributed by atoms with Crippen molar-refractivity contribution in [1.29, 1.82) is 0 Å². The highest BCUT2D eigenvalue weighted by atomic mass is 35.5. The fourth-order valence-electron chi connectivity index (χ4n) is 2.82. The fourth-order valence-corrected chi connectivity index (χ4v) is 4.09. The van der Waals surface area contributed by atoms with E-state index in [1.807, 2.05) is 24.3 Å². The summed E-state index contributed by atoms with van der Waals surface area (Å²) in [5.41, 5.74) is 1.79. The van der Waals surface area contributed by atoms with Crippen LogP contribution in [0.5, 0.6) is 0 Å². The highest BCUT2D eigenvalue weighted by Crippen LogP contribution is 2.33. The van der Waals surface area contributed by atoms with E-state index in [1.165, 1.54) is 30.0 Å². The van der Waals surface area contributed by atoms with Gasteiger partial charge in [0.1, 0.15) is 5.82 Å². The Morgan fingerprint density at radius 3 is 2.58 bits per heavy atom. The summed E-state index contributed by atoms with van der Waals surface area (Å²) in [6, 6.07) is 20.2. The molecule has 1 N–H and O–H groups in total. The maximum atomic E-state index is 13.5. The number of amides is 1. The summed E-state index contributed by atoms with van der Waals surface area (Å²) in [4.78, 5) is 17.6. The summed E-state index contributed by atoms with van der Waals surface area (Å²) >= 11 is 13.3. The van der Waals surface area contributed by atoms with Crippen LogP contribution in [-0.4, -0.2) is 20.7 Å². The zero-order chi connectivity index (χ0) is 21.8. The first-order chi connectivity index (χ1) is 15.0. The molecule has 1 heterocycles. The highest BCUT2D eigenvalue weighted by molar-refractivity contribution is 7.99. The van der Waals surface area contributed by atoms with Crippen LogP contribution < -0.4 is 5.32 Å². The summed E-state index contributed by atoms with van der Waals surface area (Å²) in [5.74, 6) is -0.881. The van der Waals surface area contributed by atoms with E-state index in [2.05, 4.69) is 15.4 Å². The van der Waals surface area contributed by atoms with E-state index in [0.717, 1.165) is 10.5 Å². The molecule has 0 fully saturated rings. The van der Waals surface area contributed by atoms with Crippen LogP contribution in [0.1, 0.15) is 15.9 Å². The molecule has 0 unspecified atom stereocenters. The molecular formula is C22H15Cl2FN4OS. The molecule has 4 rings (SSSR count). The third-order valence-electron chi connectivity index (χ3n) is 4.28. The van der Waals surface area contributed by atoms with Crippen molar-refractivity contribution in [2.75, 3.05) is 5.32 Å². The van der Waals surface area contributed by atoms with Crippen molar-refractivity contribution in [3.63, 3.8) is 0 Å². The second-order valence-corrected chi connectivity index (χ2v) is 8.29. The number of nitrogens with one attached hydrogen (secondary N) is 1. The molecule has 0 saturated carbocycles. The molecule has 1 amide bonds. The smallest absolute Gasteiger partial charge is 0.255 e. The van der Waals surface area contributed by atoms with Crippen LogP contribution in [0.4, 0.5) is 10.1 Å². The van der Waals surface area contributed by atoms with Crippen molar-refractivity contribution in [2.24, 2.45) is 0 Å². The first kappa shape index (κ1) is 21.4. The third kappa shape index (κ3) is 5.44. The number of benzene rings is 3. The van der Waals surface area contributed by atoms with Gasteiger partial charge in [-0.1, -0.05) is 41.9 Å². The van der Waals surface area contributed by atoms with Gasteiger partial charge in [0.25, 0.3) is 5.91 Å². The Bertz CT molecular complexity index is 1230. The maximum Gasteiger partial charge on any atom is 0.255 e. The number of carbonyl (C=O) groups excluding carboxylic acids is 1. The van der Waals surface area contributed by atoms with Gasteiger partial charge < -0.3 is 5.32 Å². The second kappa shape index (κ2) is 9.51. The average molecular weight is 473 g/mol. The fraction of sp³-hybridized carbons (Fsp3) is 0.0455. The number of anilines is 1. The Morgan fingerprint density at radius 2 is 1.81 bits per heavy atom. The van der Waals surface area contributed by atoms with E-state index in [1.54, 1.807) is 35.0 Å². The highest BCUT2D eigenvalue weighted by Gasteiger charge is 2.15. The van der Waals surface area contributed by atoms with Crippen LogP contribution in [0.15, 0.2) is 82.8 Å². The van der Waals surface area contributed by atoms with E-state index >= 15 is 0 Å². The number of para-hydroxylation sites is 1. The topological polar surface area (TPSA) is 59.8 Å². The number of halogens is 3. The van der Waals surface area contributed by atoms with Gasteiger partial charge in [0, 0.05) is 15.5 Å². The lowest BCUT2D eigenvalue weighted by Crippen LogP contribution is -2.12. The van der Waals surface area contributed by atoms with Crippen molar-refractivity contribution in [3.05, 3.63) is 100 Å². The molecule has 0 aliphatic rings. The predicted molar refractivity (Wildman–Crippen MR) is 121 cm³/mol. The van der Waals surface area contributed by atoms with Gasteiger partial charge in [-0.3, -0.25) is 4.79 Å². The minimum Gasteiger partial charge on any atom is -0.321 e. The molecule has 0 bridgehead atoms. The Labute approximate surface area is 192 Å². The first-order valence-corrected chi connectivity index (χ1v) is 10.7. The average Bonchev–Trinajstić information content (AvgIpc) is 3.09. The summed E-state index contributed by atoms with van der Waals surface area (Å²) in [6.07, 6.45) is 0. The molecule has 9 heteroatoms. The van der Waals surface area contributed by atoms with Gasteiger partial charge in [-0.15, -0.1) is 5.10 Å². The Hall–Kier alpha value is -2.87. The quantitative estimate of drug-likeness (QED) is 0.364. The van der Waals surface area contributed by atoms with E-state index in [4.69, 9.17) is 23.2 Å². The Kier molecular flexibility index (Phi) is 6.56. The summed E-state index contributed by atoms with van der Waals surface area (Å²) in [5, 5.41) is 8.42. The normalized spacial score (nSPS) is 10.8. The Morgan fingerprint density at radius 1 is 1.03 bits per heavy atom. The molecule has 4 aromatic rings. The molecule has 0 atom stereocenters. The van der Waals surface area contributed by atoms with Gasteiger partial charge in [-0.05, 0) is 71.4 Å². The molecule has 0 spiro atoms. The largest absolute Gasteiger partial charge is 0.321 e.